The third kappa shape index (κ3) is 3.81. The van der Waals surface area contributed by atoms with E-state index in [4.69, 9.17) is 0 Å². The third-order valence-electron chi connectivity index (χ3n) is 6.29. The Morgan fingerprint density at radius 3 is 2.86 bits per heavy atom. The number of aromatic nitrogens is 3. The van der Waals surface area contributed by atoms with Gasteiger partial charge in [0.25, 0.3) is 0 Å². The molecule has 1 atom stereocenters. The summed E-state index contributed by atoms with van der Waals surface area (Å²) in [4.78, 5) is 7.25. The Labute approximate surface area is 175 Å². The fourth-order valence-corrected chi connectivity index (χ4v) is 5.33. The number of phenolic OH excluding ortho intramolecular Hbond substituents is 1. The molecule has 3 heterocycles. The first-order chi connectivity index (χ1) is 14.2. The minimum atomic E-state index is 0.260. The van der Waals surface area contributed by atoms with Gasteiger partial charge in [0.2, 0.25) is 5.95 Å². The maximum absolute atomic E-state index is 10.7. The van der Waals surface area contributed by atoms with Crippen molar-refractivity contribution in [2.24, 2.45) is 5.92 Å². The lowest BCUT2D eigenvalue weighted by Crippen LogP contribution is -2.45. The van der Waals surface area contributed by atoms with Crippen molar-refractivity contribution < 1.29 is 5.11 Å². The molecule has 2 fully saturated rings. The summed E-state index contributed by atoms with van der Waals surface area (Å²) in [7, 11) is 0. The molecule has 1 aliphatic heterocycles. The second-order valence-electron chi connectivity index (χ2n) is 8.41. The normalized spacial score (nSPS) is 20.7. The first-order valence-electron chi connectivity index (χ1n) is 10.6. The molecule has 2 aliphatic rings. The predicted octanol–water partition coefficient (Wildman–Crippen LogP) is 4.44. The molecule has 29 heavy (non-hydrogen) atoms. The maximum atomic E-state index is 10.7. The molecule has 0 radical (unpaired) electrons. The smallest absolute Gasteiger partial charge is 0.243 e. The van der Waals surface area contributed by atoms with Crippen LogP contribution >= 0.6 is 11.3 Å². The molecular formula is C22H27N5OS. The molecule has 1 saturated carbocycles. The fourth-order valence-electron chi connectivity index (χ4n) is 4.48. The highest BCUT2D eigenvalue weighted by Crippen LogP contribution is 2.38. The SMILES string of the molecule is Cc1nc(N[C@@H]2CCCN(CC3CCC3)C2)nnc1-c1ccc2ccsc2c1O. The summed E-state index contributed by atoms with van der Waals surface area (Å²) in [5.74, 6) is 1.75. The van der Waals surface area contributed by atoms with Crippen molar-refractivity contribution >= 4 is 27.4 Å². The average Bonchev–Trinajstić information content (AvgIpc) is 3.16. The number of aromatic hydroxyl groups is 1. The summed E-state index contributed by atoms with van der Waals surface area (Å²) in [5, 5.41) is 25.9. The van der Waals surface area contributed by atoms with Gasteiger partial charge in [0.1, 0.15) is 11.4 Å². The highest BCUT2D eigenvalue weighted by Gasteiger charge is 2.26. The summed E-state index contributed by atoms with van der Waals surface area (Å²) < 4.78 is 0.875. The van der Waals surface area contributed by atoms with Gasteiger partial charge in [0.05, 0.1) is 10.4 Å². The van der Waals surface area contributed by atoms with Gasteiger partial charge in [-0.1, -0.05) is 12.5 Å². The molecule has 7 heteroatoms. The number of phenols is 1. The van der Waals surface area contributed by atoms with Crippen LogP contribution in [-0.2, 0) is 0 Å². The first kappa shape index (κ1) is 18.8. The molecule has 3 aromatic rings. The van der Waals surface area contributed by atoms with Crippen molar-refractivity contribution in [1.29, 1.82) is 0 Å². The van der Waals surface area contributed by atoms with Gasteiger partial charge in [-0.2, -0.15) is 0 Å². The number of piperidine rings is 1. The van der Waals surface area contributed by atoms with Gasteiger partial charge in [0.15, 0.2) is 0 Å². The van der Waals surface area contributed by atoms with Gasteiger partial charge in [-0.15, -0.1) is 21.5 Å². The number of anilines is 1. The molecule has 2 aromatic heterocycles. The standard InChI is InChI=1S/C22H27N5OS/c1-14-19(18-8-7-16-9-11-29-21(16)20(18)28)25-26-22(23-14)24-17-6-3-10-27(13-17)12-15-4-2-5-15/h7-9,11,15,17,28H,2-6,10,12-13H2,1H3,(H,23,24,26)/t17-/m1/s1. The number of hydrogen-bond acceptors (Lipinski definition) is 7. The van der Waals surface area contributed by atoms with E-state index in [-0.39, 0.29) is 5.75 Å². The highest BCUT2D eigenvalue weighted by atomic mass is 32.1. The molecule has 6 nitrogen and oxygen atoms in total. The van der Waals surface area contributed by atoms with Crippen molar-refractivity contribution in [3.05, 3.63) is 29.3 Å². The van der Waals surface area contributed by atoms with Crippen molar-refractivity contribution in [2.45, 2.75) is 45.1 Å². The van der Waals surface area contributed by atoms with E-state index < -0.39 is 0 Å². The molecule has 2 N–H and O–H groups in total. The Kier molecular flexibility index (Phi) is 5.09. The maximum Gasteiger partial charge on any atom is 0.243 e. The number of rotatable bonds is 5. The van der Waals surface area contributed by atoms with E-state index >= 15 is 0 Å². The van der Waals surface area contributed by atoms with Gasteiger partial charge < -0.3 is 15.3 Å². The van der Waals surface area contributed by atoms with E-state index in [2.05, 4.69) is 25.4 Å². The zero-order valence-corrected chi connectivity index (χ0v) is 17.6. The topological polar surface area (TPSA) is 74.2 Å². The quantitative estimate of drug-likeness (QED) is 0.649. The average molecular weight is 410 g/mol. The van der Waals surface area contributed by atoms with Gasteiger partial charge in [-0.25, -0.2) is 4.98 Å². The minimum absolute atomic E-state index is 0.260. The Morgan fingerprint density at radius 2 is 2.07 bits per heavy atom. The first-order valence-corrected chi connectivity index (χ1v) is 11.4. The van der Waals surface area contributed by atoms with Gasteiger partial charge >= 0.3 is 0 Å². The van der Waals surface area contributed by atoms with Crippen LogP contribution in [0.4, 0.5) is 5.95 Å². The zero-order valence-electron chi connectivity index (χ0n) is 16.8. The molecule has 1 aromatic carbocycles. The van der Waals surface area contributed by atoms with Gasteiger partial charge in [-0.3, -0.25) is 0 Å². The van der Waals surface area contributed by atoms with Crippen LogP contribution in [-0.4, -0.2) is 50.9 Å². The molecule has 0 bridgehead atoms. The summed E-state index contributed by atoms with van der Waals surface area (Å²) in [6.07, 6.45) is 6.55. The summed E-state index contributed by atoms with van der Waals surface area (Å²) in [6, 6.07) is 6.28. The van der Waals surface area contributed by atoms with E-state index in [1.54, 1.807) is 0 Å². The lowest BCUT2D eigenvalue weighted by atomic mass is 9.84. The molecule has 152 valence electrons. The summed E-state index contributed by atoms with van der Waals surface area (Å²) in [5.41, 5.74) is 2.10. The highest BCUT2D eigenvalue weighted by molar-refractivity contribution is 7.17. The molecular weight excluding hydrogens is 382 g/mol. The largest absolute Gasteiger partial charge is 0.506 e. The number of hydrogen-bond donors (Lipinski definition) is 2. The predicted molar refractivity (Wildman–Crippen MR) is 117 cm³/mol. The van der Waals surface area contributed by atoms with Crippen molar-refractivity contribution in [2.75, 3.05) is 25.0 Å². The Hall–Kier alpha value is -2.25. The lowest BCUT2D eigenvalue weighted by molar-refractivity contribution is 0.148. The number of thiophene rings is 1. The number of aryl methyl sites for hydroxylation is 1. The van der Waals surface area contributed by atoms with Crippen LogP contribution in [0, 0.1) is 12.8 Å². The zero-order chi connectivity index (χ0) is 19.8. The molecule has 0 spiro atoms. The number of benzene rings is 1. The number of likely N-dealkylation sites (tertiary alicyclic amines) is 1. The second kappa shape index (κ2) is 7.88. The van der Waals surface area contributed by atoms with E-state index in [9.17, 15) is 5.11 Å². The number of nitrogens with zero attached hydrogens (tertiary/aromatic N) is 4. The van der Waals surface area contributed by atoms with E-state index in [1.165, 1.54) is 50.1 Å². The van der Waals surface area contributed by atoms with Crippen LogP contribution in [0.1, 0.15) is 37.8 Å². The monoisotopic (exact) mass is 409 g/mol. The number of nitrogens with one attached hydrogen (secondary N) is 1. The molecule has 0 unspecified atom stereocenters. The molecule has 5 rings (SSSR count). The fraction of sp³-hybridized carbons (Fsp3) is 0.500. The summed E-state index contributed by atoms with van der Waals surface area (Å²) in [6.45, 7) is 5.42. The van der Waals surface area contributed by atoms with Crippen molar-refractivity contribution in [1.82, 2.24) is 20.1 Å². The van der Waals surface area contributed by atoms with Crippen molar-refractivity contribution in [3.8, 4) is 17.0 Å². The van der Waals surface area contributed by atoms with Gasteiger partial charge in [0, 0.05) is 24.7 Å². The van der Waals surface area contributed by atoms with Crippen LogP contribution in [0.15, 0.2) is 23.6 Å². The minimum Gasteiger partial charge on any atom is -0.506 e. The Balaban J connectivity index is 1.31. The van der Waals surface area contributed by atoms with Crippen molar-refractivity contribution in [3.63, 3.8) is 0 Å². The van der Waals surface area contributed by atoms with E-state index in [0.29, 0.717) is 23.2 Å². The lowest BCUT2D eigenvalue weighted by Gasteiger charge is -2.37. The molecule has 1 aliphatic carbocycles. The Morgan fingerprint density at radius 1 is 1.17 bits per heavy atom. The van der Waals surface area contributed by atoms with Crippen LogP contribution in [0.3, 0.4) is 0 Å². The summed E-state index contributed by atoms with van der Waals surface area (Å²) >= 11 is 1.53. The third-order valence-corrected chi connectivity index (χ3v) is 7.23. The molecule has 1 saturated heterocycles. The van der Waals surface area contributed by atoms with E-state index in [1.807, 2.05) is 30.5 Å². The van der Waals surface area contributed by atoms with Crippen LogP contribution < -0.4 is 5.32 Å². The van der Waals surface area contributed by atoms with Crippen LogP contribution in [0.2, 0.25) is 0 Å². The van der Waals surface area contributed by atoms with Crippen LogP contribution in [0.25, 0.3) is 21.3 Å². The second-order valence-corrected chi connectivity index (χ2v) is 9.33. The Bertz CT molecular complexity index is 1020. The number of fused-ring (bicyclic) bond motifs is 1. The van der Waals surface area contributed by atoms with Crippen LogP contribution in [0.5, 0.6) is 5.75 Å². The van der Waals surface area contributed by atoms with E-state index in [0.717, 1.165) is 34.7 Å². The molecule has 0 amide bonds. The van der Waals surface area contributed by atoms with Gasteiger partial charge in [-0.05, 0) is 68.0 Å².